The Kier molecular flexibility index (Phi) is 5.82. The van der Waals surface area contributed by atoms with Gasteiger partial charge in [-0.3, -0.25) is 9.36 Å². The number of nitrogens with zero attached hydrogens (tertiary/aromatic N) is 1. The Labute approximate surface area is 200 Å². The van der Waals surface area contributed by atoms with Gasteiger partial charge in [-0.25, -0.2) is 4.79 Å². The summed E-state index contributed by atoms with van der Waals surface area (Å²) < 4.78 is 12.3. The standard InChI is InChI=1S/C27H20ClNO5/c28-19-11-12-20-21(14-19)24(18-9-5-2-6-10-18)25(27(31)32)29(26(20)30)22(23-15-33-16-34-23)13-17-7-3-1-4-8-17/h1-12,14-15,22H,13,16H2,(H,31,32). The fraction of sp³-hybridized carbons (Fsp3) is 0.111. The van der Waals surface area contributed by atoms with Gasteiger partial charge in [0.25, 0.3) is 5.56 Å². The number of carboxylic acids is 1. The third-order valence-electron chi connectivity index (χ3n) is 5.85. The molecule has 1 aliphatic rings. The second kappa shape index (κ2) is 9.08. The zero-order valence-electron chi connectivity index (χ0n) is 18.0. The number of fused-ring (bicyclic) bond motifs is 1. The number of hydrogen-bond donors (Lipinski definition) is 1. The van der Waals surface area contributed by atoms with Crippen molar-refractivity contribution in [2.75, 3.05) is 6.79 Å². The van der Waals surface area contributed by atoms with E-state index < -0.39 is 17.6 Å². The third-order valence-corrected chi connectivity index (χ3v) is 6.08. The van der Waals surface area contributed by atoms with E-state index in [0.717, 1.165) is 5.56 Å². The van der Waals surface area contributed by atoms with Crippen LogP contribution in [0.3, 0.4) is 0 Å². The summed E-state index contributed by atoms with van der Waals surface area (Å²) in [5, 5.41) is 11.7. The van der Waals surface area contributed by atoms with Crippen molar-refractivity contribution >= 4 is 28.3 Å². The molecule has 1 aromatic heterocycles. The highest BCUT2D eigenvalue weighted by Crippen LogP contribution is 2.36. The molecule has 5 rings (SSSR count). The quantitative estimate of drug-likeness (QED) is 0.391. The molecule has 3 aromatic carbocycles. The molecule has 6 nitrogen and oxygen atoms in total. The number of carboxylic acid groups (broad SMARTS) is 1. The first-order valence-electron chi connectivity index (χ1n) is 10.7. The molecule has 1 unspecified atom stereocenters. The van der Waals surface area contributed by atoms with Gasteiger partial charge in [-0.2, -0.15) is 0 Å². The van der Waals surface area contributed by atoms with Crippen LogP contribution in [-0.2, 0) is 15.9 Å². The lowest BCUT2D eigenvalue weighted by atomic mass is 9.95. The number of hydrogen-bond acceptors (Lipinski definition) is 4. The molecule has 0 amide bonds. The molecule has 34 heavy (non-hydrogen) atoms. The fourth-order valence-corrected chi connectivity index (χ4v) is 4.55. The molecule has 2 heterocycles. The molecule has 7 heteroatoms. The van der Waals surface area contributed by atoms with Crippen molar-refractivity contribution in [1.29, 1.82) is 0 Å². The molecule has 0 aliphatic carbocycles. The molecule has 170 valence electrons. The molecule has 0 bridgehead atoms. The highest BCUT2D eigenvalue weighted by atomic mass is 35.5. The topological polar surface area (TPSA) is 77.8 Å². The van der Waals surface area contributed by atoms with E-state index in [0.29, 0.717) is 39.1 Å². The fourth-order valence-electron chi connectivity index (χ4n) is 4.38. The number of ether oxygens (including phenoxy) is 2. The zero-order chi connectivity index (χ0) is 23.7. The Hall–Kier alpha value is -4.03. The van der Waals surface area contributed by atoms with E-state index in [1.165, 1.54) is 10.8 Å². The van der Waals surface area contributed by atoms with E-state index in [2.05, 4.69) is 0 Å². The molecule has 0 spiro atoms. The van der Waals surface area contributed by atoms with E-state index in [-0.39, 0.29) is 12.5 Å². The maximum absolute atomic E-state index is 13.9. The molecule has 0 saturated heterocycles. The van der Waals surface area contributed by atoms with Crippen molar-refractivity contribution in [3.63, 3.8) is 0 Å². The van der Waals surface area contributed by atoms with E-state index >= 15 is 0 Å². The molecule has 0 radical (unpaired) electrons. The van der Waals surface area contributed by atoms with Crippen molar-refractivity contribution in [2.45, 2.75) is 12.5 Å². The maximum Gasteiger partial charge on any atom is 0.353 e. The number of benzene rings is 3. The number of aromatic nitrogens is 1. The average Bonchev–Trinajstić information content (AvgIpc) is 3.38. The van der Waals surface area contributed by atoms with Gasteiger partial charge in [0.15, 0.2) is 5.76 Å². The minimum absolute atomic E-state index is 0.00646. The van der Waals surface area contributed by atoms with Crippen LogP contribution in [0.1, 0.15) is 22.1 Å². The van der Waals surface area contributed by atoms with Gasteiger partial charge < -0.3 is 14.6 Å². The normalized spacial score (nSPS) is 13.7. The van der Waals surface area contributed by atoms with Crippen molar-refractivity contribution in [1.82, 2.24) is 4.57 Å². The SMILES string of the molecule is O=C(O)c1c(-c2ccccc2)c2cc(Cl)ccc2c(=O)n1C(Cc1ccccc1)C1=COCO1. The smallest absolute Gasteiger partial charge is 0.353 e. The number of rotatable bonds is 6. The number of aromatic carboxylic acids is 1. The lowest BCUT2D eigenvalue weighted by molar-refractivity contribution is 0.0656. The Morgan fingerprint density at radius 1 is 1.00 bits per heavy atom. The van der Waals surface area contributed by atoms with Gasteiger partial charge in [0, 0.05) is 22.4 Å². The second-order valence-electron chi connectivity index (χ2n) is 7.91. The second-order valence-corrected chi connectivity index (χ2v) is 8.35. The van der Waals surface area contributed by atoms with Gasteiger partial charge in [0.1, 0.15) is 18.0 Å². The summed E-state index contributed by atoms with van der Waals surface area (Å²) in [5.41, 5.74) is 1.42. The van der Waals surface area contributed by atoms with Crippen molar-refractivity contribution < 1.29 is 19.4 Å². The molecule has 0 saturated carbocycles. The Balaban J connectivity index is 1.88. The maximum atomic E-state index is 13.9. The summed E-state index contributed by atoms with van der Waals surface area (Å²) in [4.78, 5) is 26.7. The average molecular weight is 474 g/mol. The van der Waals surface area contributed by atoms with Gasteiger partial charge >= 0.3 is 5.97 Å². The number of halogens is 1. The third kappa shape index (κ3) is 3.93. The largest absolute Gasteiger partial charge is 0.477 e. The lowest BCUT2D eigenvalue weighted by Gasteiger charge is -2.25. The molecule has 4 aromatic rings. The highest BCUT2D eigenvalue weighted by Gasteiger charge is 2.31. The number of allylic oxidation sites excluding steroid dienone is 1. The molecule has 0 fully saturated rings. The van der Waals surface area contributed by atoms with Crippen molar-refractivity contribution in [3.05, 3.63) is 118 Å². The first-order valence-corrected chi connectivity index (χ1v) is 11.1. The summed E-state index contributed by atoms with van der Waals surface area (Å²) in [6.07, 6.45) is 1.78. The number of pyridine rings is 1. The Morgan fingerprint density at radius 2 is 1.71 bits per heavy atom. The molecular weight excluding hydrogens is 454 g/mol. The Bertz CT molecular complexity index is 1460. The van der Waals surface area contributed by atoms with Crippen LogP contribution >= 0.6 is 11.6 Å². The van der Waals surface area contributed by atoms with Crippen LogP contribution in [0.5, 0.6) is 0 Å². The van der Waals surface area contributed by atoms with Crippen LogP contribution < -0.4 is 5.56 Å². The van der Waals surface area contributed by atoms with E-state index in [1.54, 1.807) is 18.2 Å². The first kappa shape index (κ1) is 21.8. The van der Waals surface area contributed by atoms with E-state index in [9.17, 15) is 14.7 Å². The first-order chi connectivity index (χ1) is 16.5. The summed E-state index contributed by atoms with van der Waals surface area (Å²) in [5.74, 6) is -0.837. The summed E-state index contributed by atoms with van der Waals surface area (Å²) in [6, 6.07) is 22.8. The van der Waals surface area contributed by atoms with Gasteiger partial charge in [-0.05, 0) is 34.7 Å². The minimum atomic E-state index is -1.23. The predicted octanol–water partition coefficient (Wildman–Crippen LogP) is 5.65. The summed E-state index contributed by atoms with van der Waals surface area (Å²) >= 11 is 6.27. The number of carbonyl (C=O) groups is 1. The van der Waals surface area contributed by atoms with Crippen molar-refractivity contribution in [3.8, 4) is 11.1 Å². The van der Waals surface area contributed by atoms with Crippen LogP contribution in [0.15, 0.2) is 95.7 Å². The highest BCUT2D eigenvalue weighted by molar-refractivity contribution is 6.31. The minimum Gasteiger partial charge on any atom is -0.477 e. The molecule has 1 aliphatic heterocycles. The molecule has 1 N–H and O–H groups in total. The van der Waals surface area contributed by atoms with E-state index in [4.69, 9.17) is 21.1 Å². The predicted molar refractivity (Wildman–Crippen MR) is 130 cm³/mol. The van der Waals surface area contributed by atoms with Crippen LogP contribution in [0.2, 0.25) is 5.02 Å². The van der Waals surface area contributed by atoms with Crippen LogP contribution in [-0.4, -0.2) is 22.4 Å². The summed E-state index contributed by atoms with van der Waals surface area (Å²) in [6.45, 7) is 0.00646. The zero-order valence-corrected chi connectivity index (χ0v) is 18.7. The van der Waals surface area contributed by atoms with Gasteiger partial charge in [0.05, 0.1) is 0 Å². The van der Waals surface area contributed by atoms with Crippen LogP contribution in [0.4, 0.5) is 0 Å². The Morgan fingerprint density at radius 3 is 2.35 bits per heavy atom. The van der Waals surface area contributed by atoms with Crippen molar-refractivity contribution in [2.24, 2.45) is 0 Å². The lowest BCUT2D eigenvalue weighted by Crippen LogP contribution is -2.33. The van der Waals surface area contributed by atoms with Crippen LogP contribution in [0, 0.1) is 0 Å². The molecular formula is C27H20ClNO5. The van der Waals surface area contributed by atoms with Gasteiger partial charge in [-0.15, -0.1) is 0 Å². The monoisotopic (exact) mass is 473 g/mol. The summed E-state index contributed by atoms with van der Waals surface area (Å²) in [7, 11) is 0. The van der Waals surface area contributed by atoms with Gasteiger partial charge in [0.2, 0.25) is 6.79 Å². The van der Waals surface area contributed by atoms with Gasteiger partial charge in [-0.1, -0.05) is 72.3 Å². The van der Waals surface area contributed by atoms with Crippen LogP contribution in [0.25, 0.3) is 21.9 Å². The molecule has 1 atom stereocenters. The van der Waals surface area contributed by atoms with E-state index in [1.807, 2.05) is 60.7 Å².